The Hall–Kier alpha value is -1.66. The number of anilines is 3. The van der Waals surface area contributed by atoms with Gasteiger partial charge in [0.25, 0.3) is 5.92 Å². The molecule has 1 saturated carbocycles. The summed E-state index contributed by atoms with van der Waals surface area (Å²) in [5.41, 5.74) is 5.61. The van der Waals surface area contributed by atoms with Gasteiger partial charge in [0, 0.05) is 25.1 Å². The van der Waals surface area contributed by atoms with Crippen LogP contribution in [0.3, 0.4) is 0 Å². The van der Waals surface area contributed by atoms with E-state index in [-0.39, 0.29) is 18.9 Å². The number of nitrogen functional groups attached to an aromatic ring is 1. The quantitative estimate of drug-likeness (QED) is 0.856. The summed E-state index contributed by atoms with van der Waals surface area (Å²) < 4.78 is 26.3. The Morgan fingerprint density at radius 1 is 1.39 bits per heavy atom. The van der Waals surface area contributed by atoms with Crippen molar-refractivity contribution >= 4 is 17.6 Å². The minimum Gasteiger partial charge on any atom is -0.368 e. The van der Waals surface area contributed by atoms with Gasteiger partial charge in [-0.2, -0.15) is 9.97 Å². The lowest BCUT2D eigenvalue weighted by atomic mass is 10.3. The second kappa shape index (κ2) is 3.93. The normalized spacial score (nSPS) is 22.2. The highest BCUT2D eigenvalue weighted by Gasteiger charge is 2.39. The SMILES string of the molecule is Nc1nc(NC2CC2)cc(N2CCC(F)(F)C2)n1. The monoisotopic (exact) mass is 255 g/mol. The highest BCUT2D eigenvalue weighted by molar-refractivity contribution is 5.54. The van der Waals surface area contributed by atoms with Crippen LogP contribution in [0.15, 0.2) is 6.07 Å². The first kappa shape index (κ1) is 11.4. The Kier molecular flexibility index (Phi) is 2.49. The van der Waals surface area contributed by atoms with E-state index in [0.717, 1.165) is 12.8 Å². The van der Waals surface area contributed by atoms with Crippen molar-refractivity contribution in [2.45, 2.75) is 31.2 Å². The van der Waals surface area contributed by atoms with Gasteiger partial charge in [-0.1, -0.05) is 0 Å². The van der Waals surface area contributed by atoms with E-state index in [0.29, 0.717) is 24.2 Å². The molecule has 3 N–H and O–H groups in total. The zero-order valence-electron chi connectivity index (χ0n) is 9.87. The van der Waals surface area contributed by atoms with Gasteiger partial charge in [-0.3, -0.25) is 0 Å². The summed E-state index contributed by atoms with van der Waals surface area (Å²) in [6.45, 7) is -0.00135. The predicted molar refractivity (Wildman–Crippen MR) is 64.9 cm³/mol. The Balaban J connectivity index is 1.80. The number of halogens is 2. The lowest BCUT2D eigenvalue weighted by Gasteiger charge is -2.18. The minimum absolute atomic E-state index is 0.117. The largest absolute Gasteiger partial charge is 0.368 e. The van der Waals surface area contributed by atoms with Crippen molar-refractivity contribution in [3.8, 4) is 0 Å². The molecular weight excluding hydrogens is 240 g/mol. The summed E-state index contributed by atoms with van der Waals surface area (Å²) in [4.78, 5) is 9.64. The van der Waals surface area contributed by atoms with Crippen LogP contribution in [0.2, 0.25) is 0 Å². The molecule has 0 aromatic carbocycles. The standard InChI is InChI=1S/C11H15F2N5/c12-11(13)3-4-18(6-11)9-5-8(15-7-1-2-7)16-10(14)17-9/h5,7H,1-4,6H2,(H3,14,15,16,17). The second-order valence-electron chi connectivity index (χ2n) is 4.92. The Labute approximate surface area is 103 Å². The number of nitrogens with two attached hydrogens (primary N) is 1. The molecule has 98 valence electrons. The van der Waals surface area contributed by atoms with E-state index in [2.05, 4.69) is 15.3 Å². The van der Waals surface area contributed by atoms with Crippen LogP contribution < -0.4 is 16.0 Å². The van der Waals surface area contributed by atoms with Crippen LogP contribution in [-0.2, 0) is 0 Å². The van der Waals surface area contributed by atoms with Crippen molar-refractivity contribution in [1.82, 2.24) is 9.97 Å². The maximum absolute atomic E-state index is 13.2. The van der Waals surface area contributed by atoms with Crippen LogP contribution in [0.5, 0.6) is 0 Å². The molecule has 0 atom stereocenters. The second-order valence-corrected chi connectivity index (χ2v) is 4.92. The molecule has 3 rings (SSSR count). The molecule has 2 heterocycles. The number of aromatic nitrogens is 2. The van der Waals surface area contributed by atoms with Crippen molar-refractivity contribution in [3.63, 3.8) is 0 Å². The third-order valence-corrected chi connectivity index (χ3v) is 3.15. The Morgan fingerprint density at radius 2 is 2.17 bits per heavy atom. The molecule has 0 unspecified atom stereocenters. The van der Waals surface area contributed by atoms with E-state index in [1.165, 1.54) is 0 Å². The van der Waals surface area contributed by atoms with Crippen LogP contribution in [0.1, 0.15) is 19.3 Å². The zero-order valence-corrected chi connectivity index (χ0v) is 9.87. The van der Waals surface area contributed by atoms with Crippen LogP contribution in [0.4, 0.5) is 26.4 Å². The molecule has 5 nitrogen and oxygen atoms in total. The van der Waals surface area contributed by atoms with E-state index in [9.17, 15) is 8.78 Å². The summed E-state index contributed by atoms with van der Waals surface area (Å²) in [6.07, 6.45) is 2.09. The third kappa shape index (κ3) is 2.44. The number of hydrogen-bond donors (Lipinski definition) is 2. The summed E-state index contributed by atoms with van der Waals surface area (Å²) in [5, 5.41) is 3.20. The summed E-state index contributed by atoms with van der Waals surface area (Å²) in [6, 6.07) is 2.13. The molecule has 1 aromatic rings. The van der Waals surface area contributed by atoms with Gasteiger partial charge in [0.1, 0.15) is 11.6 Å². The molecule has 1 saturated heterocycles. The summed E-state index contributed by atoms with van der Waals surface area (Å²) in [7, 11) is 0. The first-order valence-electron chi connectivity index (χ1n) is 6.06. The lowest BCUT2D eigenvalue weighted by Crippen LogP contribution is -2.26. The van der Waals surface area contributed by atoms with E-state index in [1.54, 1.807) is 11.0 Å². The first-order chi connectivity index (χ1) is 8.52. The smallest absolute Gasteiger partial charge is 0.266 e. The van der Waals surface area contributed by atoms with Gasteiger partial charge < -0.3 is 16.0 Å². The third-order valence-electron chi connectivity index (χ3n) is 3.15. The molecule has 2 aliphatic rings. The highest BCUT2D eigenvalue weighted by atomic mass is 19.3. The van der Waals surface area contributed by atoms with E-state index >= 15 is 0 Å². The topological polar surface area (TPSA) is 67.1 Å². The minimum atomic E-state index is -2.64. The predicted octanol–water partition coefficient (Wildman–Crippen LogP) is 1.48. The van der Waals surface area contributed by atoms with Crippen molar-refractivity contribution < 1.29 is 8.78 Å². The van der Waals surface area contributed by atoms with Gasteiger partial charge in [0.15, 0.2) is 0 Å². The molecule has 0 bridgehead atoms. The number of nitrogens with one attached hydrogen (secondary N) is 1. The van der Waals surface area contributed by atoms with Crippen LogP contribution in [0, 0.1) is 0 Å². The fraction of sp³-hybridized carbons (Fsp3) is 0.636. The first-order valence-corrected chi connectivity index (χ1v) is 6.06. The number of hydrogen-bond acceptors (Lipinski definition) is 5. The molecule has 7 heteroatoms. The van der Waals surface area contributed by atoms with Crippen LogP contribution >= 0.6 is 0 Å². The average Bonchev–Trinajstić information content (AvgIpc) is 3.00. The van der Waals surface area contributed by atoms with Crippen molar-refractivity contribution in [3.05, 3.63) is 6.07 Å². The fourth-order valence-electron chi connectivity index (χ4n) is 2.06. The molecule has 2 fully saturated rings. The lowest BCUT2D eigenvalue weighted by molar-refractivity contribution is 0.0256. The van der Waals surface area contributed by atoms with Gasteiger partial charge in [-0.05, 0) is 12.8 Å². The average molecular weight is 255 g/mol. The van der Waals surface area contributed by atoms with Crippen molar-refractivity contribution in [1.29, 1.82) is 0 Å². The van der Waals surface area contributed by atoms with Crippen LogP contribution in [-0.4, -0.2) is 35.0 Å². The van der Waals surface area contributed by atoms with Crippen LogP contribution in [0.25, 0.3) is 0 Å². The van der Waals surface area contributed by atoms with Gasteiger partial charge in [0.2, 0.25) is 5.95 Å². The number of alkyl halides is 2. The maximum atomic E-state index is 13.2. The van der Waals surface area contributed by atoms with Gasteiger partial charge in [0.05, 0.1) is 6.54 Å². The van der Waals surface area contributed by atoms with Crippen molar-refractivity contribution in [2.24, 2.45) is 0 Å². The summed E-state index contributed by atoms with van der Waals surface area (Å²) >= 11 is 0. The Morgan fingerprint density at radius 3 is 2.78 bits per heavy atom. The van der Waals surface area contributed by atoms with E-state index < -0.39 is 5.92 Å². The van der Waals surface area contributed by atoms with Gasteiger partial charge >= 0.3 is 0 Å². The Bertz CT molecular complexity index is 461. The van der Waals surface area contributed by atoms with E-state index in [1.807, 2.05) is 0 Å². The molecule has 0 amide bonds. The van der Waals surface area contributed by atoms with Gasteiger partial charge in [-0.15, -0.1) is 0 Å². The van der Waals surface area contributed by atoms with E-state index in [4.69, 9.17) is 5.73 Å². The molecule has 1 aliphatic heterocycles. The molecule has 1 aromatic heterocycles. The molecule has 0 radical (unpaired) electrons. The molecule has 18 heavy (non-hydrogen) atoms. The zero-order chi connectivity index (χ0) is 12.8. The van der Waals surface area contributed by atoms with Gasteiger partial charge in [-0.25, -0.2) is 8.78 Å². The fourth-order valence-corrected chi connectivity index (χ4v) is 2.06. The number of rotatable bonds is 3. The maximum Gasteiger partial charge on any atom is 0.266 e. The number of nitrogens with zero attached hydrogens (tertiary/aromatic N) is 3. The molecular formula is C11H15F2N5. The highest BCUT2D eigenvalue weighted by Crippen LogP contribution is 2.31. The van der Waals surface area contributed by atoms with Crippen molar-refractivity contribution in [2.75, 3.05) is 29.0 Å². The molecule has 0 spiro atoms. The molecule has 1 aliphatic carbocycles. The summed E-state index contributed by atoms with van der Waals surface area (Å²) in [5.74, 6) is -1.42.